The van der Waals surface area contributed by atoms with Gasteiger partial charge in [-0.05, 0) is 49.2 Å². The fourth-order valence-electron chi connectivity index (χ4n) is 3.70. The zero-order valence-electron chi connectivity index (χ0n) is 13.7. The summed E-state index contributed by atoms with van der Waals surface area (Å²) in [5, 5.41) is 4.28. The molecule has 0 spiro atoms. The molecule has 7 heteroatoms. The second kappa shape index (κ2) is 7.57. The van der Waals surface area contributed by atoms with Crippen LogP contribution in [-0.2, 0) is 0 Å². The molecule has 0 aliphatic carbocycles. The minimum absolute atomic E-state index is 0. The van der Waals surface area contributed by atoms with Crippen LogP contribution in [0, 0.1) is 0 Å². The van der Waals surface area contributed by atoms with Gasteiger partial charge in [0.2, 0.25) is 0 Å². The van der Waals surface area contributed by atoms with Gasteiger partial charge in [-0.2, -0.15) is 0 Å². The number of nitrogens with zero attached hydrogens (tertiary/aromatic N) is 1. The second-order valence-corrected chi connectivity index (χ2v) is 7.16. The molecule has 26 heavy (non-hydrogen) atoms. The van der Waals surface area contributed by atoms with E-state index in [-0.39, 0.29) is 30.3 Å². The monoisotopic (exact) mass is 410 g/mol. The van der Waals surface area contributed by atoms with Gasteiger partial charge in [0.05, 0.1) is 27.2 Å². The smallest absolute Gasteiger partial charge is 0.262 e. The maximum atomic E-state index is 12.9. The summed E-state index contributed by atoms with van der Waals surface area (Å²) in [7, 11) is 0. The second-order valence-electron chi connectivity index (χ2n) is 6.35. The lowest BCUT2D eigenvalue weighted by Crippen LogP contribution is -2.44. The van der Waals surface area contributed by atoms with Crippen molar-refractivity contribution in [2.75, 3.05) is 6.54 Å². The number of benzene rings is 2. The average molecular weight is 412 g/mol. The standard InChI is InChI=1S/C19H16Cl2N2O2.ClH/c20-14-8-7-11(10-15(14)21)17(16-6-3-9-22-16)23-18(24)12-4-1-2-5-13(12)19(23)25;/h1-2,4-5,7-8,10,16-17,22H,3,6,9H2;1H/t16?,17-;/m0./s1. The molecule has 4 rings (SSSR count). The molecule has 2 amide bonds. The first kappa shape index (κ1) is 19.2. The van der Waals surface area contributed by atoms with Crippen LogP contribution >= 0.6 is 35.6 Å². The van der Waals surface area contributed by atoms with Crippen LogP contribution in [0.5, 0.6) is 0 Å². The number of rotatable bonds is 3. The summed E-state index contributed by atoms with van der Waals surface area (Å²) in [5.74, 6) is -0.518. The van der Waals surface area contributed by atoms with E-state index in [1.807, 2.05) is 6.07 Å². The molecule has 136 valence electrons. The van der Waals surface area contributed by atoms with E-state index in [4.69, 9.17) is 23.2 Å². The van der Waals surface area contributed by atoms with Crippen molar-refractivity contribution >= 4 is 47.4 Å². The number of amides is 2. The van der Waals surface area contributed by atoms with Crippen LogP contribution < -0.4 is 5.32 Å². The van der Waals surface area contributed by atoms with Crippen LogP contribution in [0.1, 0.15) is 45.2 Å². The molecule has 1 N–H and O–H groups in total. The molecule has 0 radical (unpaired) electrons. The number of fused-ring (bicyclic) bond motifs is 1. The lowest BCUT2D eigenvalue weighted by atomic mass is 9.96. The van der Waals surface area contributed by atoms with E-state index >= 15 is 0 Å². The highest BCUT2D eigenvalue weighted by Crippen LogP contribution is 2.37. The van der Waals surface area contributed by atoms with Crippen LogP contribution in [0.15, 0.2) is 42.5 Å². The zero-order chi connectivity index (χ0) is 17.6. The molecule has 0 aromatic heterocycles. The Morgan fingerprint density at radius 1 is 1.00 bits per heavy atom. The largest absolute Gasteiger partial charge is 0.312 e. The Balaban J connectivity index is 0.00000196. The third kappa shape index (κ3) is 3.12. The molecule has 1 saturated heterocycles. The minimum Gasteiger partial charge on any atom is -0.312 e. The van der Waals surface area contributed by atoms with Crippen molar-refractivity contribution in [2.45, 2.75) is 24.9 Å². The van der Waals surface area contributed by atoms with Crippen LogP contribution in [0.3, 0.4) is 0 Å². The molecule has 2 heterocycles. The van der Waals surface area contributed by atoms with Crippen molar-refractivity contribution in [2.24, 2.45) is 0 Å². The summed E-state index contributed by atoms with van der Waals surface area (Å²) in [6.45, 7) is 0.867. The van der Waals surface area contributed by atoms with Crippen molar-refractivity contribution in [3.8, 4) is 0 Å². The molecule has 2 atom stereocenters. The summed E-state index contributed by atoms with van der Waals surface area (Å²) in [4.78, 5) is 27.3. The van der Waals surface area contributed by atoms with Crippen LogP contribution in [0.2, 0.25) is 10.0 Å². The summed E-state index contributed by atoms with van der Waals surface area (Å²) < 4.78 is 0. The molecule has 0 saturated carbocycles. The molecule has 2 aliphatic heterocycles. The highest BCUT2D eigenvalue weighted by molar-refractivity contribution is 6.42. The van der Waals surface area contributed by atoms with Gasteiger partial charge in [-0.3, -0.25) is 14.5 Å². The van der Waals surface area contributed by atoms with E-state index in [1.165, 1.54) is 4.90 Å². The van der Waals surface area contributed by atoms with E-state index in [1.54, 1.807) is 36.4 Å². The van der Waals surface area contributed by atoms with Gasteiger partial charge < -0.3 is 5.32 Å². The predicted octanol–water partition coefficient (Wildman–Crippen LogP) is 4.50. The lowest BCUT2D eigenvalue weighted by molar-refractivity contribution is 0.0550. The molecule has 1 unspecified atom stereocenters. The van der Waals surface area contributed by atoms with E-state index in [9.17, 15) is 9.59 Å². The zero-order valence-corrected chi connectivity index (χ0v) is 16.1. The lowest BCUT2D eigenvalue weighted by Gasteiger charge is -2.32. The molecule has 2 aromatic carbocycles. The van der Waals surface area contributed by atoms with Crippen LogP contribution in [0.4, 0.5) is 0 Å². The Morgan fingerprint density at radius 3 is 2.19 bits per heavy atom. The van der Waals surface area contributed by atoms with Crippen molar-refractivity contribution in [1.82, 2.24) is 10.2 Å². The van der Waals surface area contributed by atoms with Gasteiger partial charge in [0.15, 0.2) is 0 Å². The fraction of sp³-hybridized carbons (Fsp3) is 0.263. The first-order chi connectivity index (χ1) is 12.1. The topological polar surface area (TPSA) is 49.4 Å². The fourth-order valence-corrected chi connectivity index (χ4v) is 4.01. The van der Waals surface area contributed by atoms with Crippen molar-refractivity contribution in [3.63, 3.8) is 0 Å². The molecular formula is C19H17Cl3N2O2. The number of hydrogen-bond donors (Lipinski definition) is 1. The van der Waals surface area contributed by atoms with E-state index < -0.39 is 6.04 Å². The highest BCUT2D eigenvalue weighted by Gasteiger charge is 2.44. The third-order valence-electron chi connectivity index (χ3n) is 4.87. The maximum absolute atomic E-state index is 12.9. The number of imide groups is 1. The molecule has 1 fully saturated rings. The molecular weight excluding hydrogens is 395 g/mol. The van der Waals surface area contributed by atoms with Gasteiger partial charge in [0.25, 0.3) is 11.8 Å². The van der Waals surface area contributed by atoms with Gasteiger partial charge >= 0.3 is 0 Å². The number of hydrogen-bond acceptors (Lipinski definition) is 3. The minimum atomic E-state index is -0.412. The van der Waals surface area contributed by atoms with E-state index in [0.29, 0.717) is 21.2 Å². The summed E-state index contributed by atoms with van der Waals surface area (Å²) in [5.41, 5.74) is 1.72. The number of nitrogens with one attached hydrogen (secondary N) is 1. The Kier molecular flexibility index (Phi) is 5.58. The molecule has 0 bridgehead atoms. The molecule has 4 nitrogen and oxygen atoms in total. The average Bonchev–Trinajstić information content (AvgIpc) is 3.22. The van der Waals surface area contributed by atoms with Gasteiger partial charge in [-0.25, -0.2) is 0 Å². The Morgan fingerprint density at radius 2 is 1.65 bits per heavy atom. The SMILES string of the molecule is Cl.O=C1c2ccccc2C(=O)N1[C@@H](c1ccc(Cl)c(Cl)c1)C1CCCN1. The maximum Gasteiger partial charge on any atom is 0.262 e. The normalized spacial score (nSPS) is 20.1. The van der Waals surface area contributed by atoms with Gasteiger partial charge in [-0.1, -0.05) is 41.4 Å². The van der Waals surface area contributed by atoms with E-state index in [0.717, 1.165) is 24.9 Å². The number of carbonyl (C=O) groups is 2. The van der Waals surface area contributed by atoms with Gasteiger partial charge in [0, 0.05) is 6.04 Å². The summed E-state index contributed by atoms with van der Waals surface area (Å²) in [6.07, 6.45) is 1.89. The first-order valence-corrected chi connectivity index (χ1v) is 8.99. The highest BCUT2D eigenvalue weighted by atomic mass is 35.5. The van der Waals surface area contributed by atoms with Crippen LogP contribution in [0.25, 0.3) is 0 Å². The first-order valence-electron chi connectivity index (χ1n) is 8.23. The quantitative estimate of drug-likeness (QED) is 0.756. The Hall–Kier alpha value is -1.59. The summed E-state index contributed by atoms with van der Waals surface area (Å²) >= 11 is 12.2. The third-order valence-corrected chi connectivity index (χ3v) is 5.61. The Labute approximate surface area is 167 Å². The Bertz CT molecular complexity index is 831. The van der Waals surface area contributed by atoms with Crippen molar-refractivity contribution in [1.29, 1.82) is 0 Å². The predicted molar refractivity (Wildman–Crippen MR) is 104 cm³/mol. The molecule has 2 aromatic rings. The molecule has 2 aliphatic rings. The number of halogens is 3. The van der Waals surface area contributed by atoms with E-state index in [2.05, 4.69) is 5.32 Å². The van der Waals surface area contributed by atoms with Gasteiger partial charge in [0.1, 0.15) is 0 Å². The number of carbonyl (C=O) groups excluding carboxylic acids is 2. The van der Waals surface area contributed by atoms with Crippen molar-refractivity contribution < 1.29 is 9.59 Å². The summed E-state index contributed by atoms with van der Waals surface area (Å²) in [6, 6.07) is 11.8. The van der Waals surface area contributed by atoms with Crippen LogP contribution in [-0.4, -0.2) is 29.3 Å². The van der Waals surface area contributed by atoms with Gasteiger partial charge in [-0.15, -0.1) is 12.4 Å². The van der Waals surface area contributed by atoms with Crippen molar-refractivity contribution in [3.05, 3.63) is 69.2 Å².